The standard InChI is InChI=1S/C13H24N4O/c1-13(2,3)12-11(10-18)14-15-17(12)9-8-16-6-4-5-7-16/h18H,4-10H2,1-3H3. The first-order valence-corrected chi connectivity index (χ1v) is 6.78. The maximum absolute atomic E-state index is 9.35. The number of hydrogen-bond acceptors (Lipinski definition) is 4. The Morgan fingerprint density at radius 2 is 1.83 bits per heavy atom. The summed E-state index contributed by atoms with van der Waals surface area (Å²) in [5.41, 5.74) is 1.74. The number of aliphatic hydroxyl groups excluding tert-OH is 1. The van der Waals surface area contributed by atoms with Crippen LogP contribution < -0.4 is 0 Å². The molecule has 0 spiro atoms. The Morgan fingerprint density at radius 3 is 2.39 bits per heavy atom. The van der Waals surface area contributed by atoms with Gasteiger partial charge in [0.25, 0.3) is 0 Å². The fourth-order valence-corrected chi connectivity index (χ4v) is 2.67. The van der Waals surface area contributed by atoms with E-state index in [1.807, 2.05) is 4.68 Å². The zero-order valence-electron chi connectivity index (χ0n) is 11.7. The topological polar surface area (TPSA) is 54.2 Å². The van der Waals surface area contributed by atoms with Gasteiger partial charge in [0.1, 0.15) is 5.69 Å². The number of hydrogen-bond donors (Lipinski definition) is 1. The van der Waals surface area contributed by atoms with Crippen molar-refractivity contribution in [2.75, 3.05) is 19.6 Å². The zero-order chi connectivity index (χ0) is 13.2. The molecule has 1 aliphatic heterocycles. The molecule has 0 bridgehead atoms. The lowest BCUT2D eigenvalue weighted by molar-refractivity contribution is 0.272. The third-order valence-corrected chi connectivity index (χ3v) is 3.49. The van der Waals surface area contributed by atoms with Gasteiger partial charge in [-0.05, 0) is 25.9 Å². The van der Waals surface area contributed by atoms with Crippen LogP contribution in [0.4, 0.5) is 0 Å². The molecule has 0 saturated carbocycles. The molecule has 0 aliphatic carbocycles. The van der Waals surface area contributed by atoms with Gasteiger partial charge in [0.05, 0.1) is 18.8 Å². The lowest BCUT2D eigenvalue weighted by atomic mass is 9.90. The molecule has 0 aromatic carbocycles. The molecule has 5 nitrogen and oxygen atoms in total. The monoisotopic (exact) mass is 252 g/mol. The summed E-state index contributed by atoms with van der Waals surface area (Å²) in [6.45, 7) is 10.7. The highest BCUT2D eigenvalue weighted by atomic mass is 16.3. The molecular formula is C13H24N4O. The van der Waals surface area contributed by atoms with E-state index in [0.29, 0.717) is 5.69 Å². The van der Waals surface area contributed by atoms with Crippen molar-refractivity contribution >= 4 is 0 Å². The van der Waals surface area contributed by atoms with E-state index < -0.39 is 0 Å². The Morgan fingerprint density at radius 1 is 1.17 bits per heavy atom. The van der Waals surface area contributed by atoms with Crippen molar-refractivity contribution in [1.82, 2.24) is 19.9 Å². The van der Waals surface area contributed by atoms with Gasteiger partial charge in [-0.3, -0.25) is 0 Å². The number of rotatable bonds is 4. The molecule has 0 unspecified atom stereocenters. The Kier molecular flexibility index (Phi) is 4.02. The molecule has 1 aromatic rings. The quantitative estimate of drug-likeness (QED) is 0.874. The Balaban J connectivity index is 2.09. The van der Waals surface area contributed by atoms with Crippen LogP contribution in [-0.2, 0) is 18.6 Å². The summed E-state index contributed by atoms with van der Waals surface area (Å²) < 4.78 is 1.96. The predicted octanol–water partition coefficient (Wildman–Crippen LogP) is 1.16. The van der Waals surface area contributed by atoms with Crippen LogP contribution in [0.2, 0.25) is 0 Å². The van der Waals surface area contributed by atoms with Crippen molar-refractivity contribution in [1.29, 1.82) is 0 Å². The molecule has 5 heteroatoms. The van der Waals surface area contributed by atoms with Crippen LogP contribution in [0.25, 0.3) is 0 Å². The van der Waals surface area contributed by atoms with Crippen molar-refractivity contribution in [2.24, 2.45) is 0 Å². The van der Waals surface area contributed by atoms with Gasteiger partial charge < -0.3 is 10.0 Å². The first-order valence-electron chi connectivity index (χ1n) is 6.78. The molecule has 0 atom stereocenters. The van der Waals surface area contributed by atoms with E-state index in [0.717, 1.165) is 18.8 Å². The van der Waals surface area contributed by atoms with Crippen molar-refractivity contribution in [3.05, 3.63) is 11.4 Å². The van der Waals surface area contributed by atoms with E-state index in [4.69, 9.17) is 0 Å². The van der Waals surface area contributed by atoms with Gasteiger partial charge in [-0.2, -0.15) is 0 Å². The Bertz CT molecular complexity index is 388. The van der Waals surface area contributed by atoms with Gasteiger partial charge in [0.2, 0.25) is 0 Å². The summed E-state index contributed by atoms with van der Waals surface area (Å²) >= 11 is 0. The first kappa shape index (κ1) is 13.5. The molecule has 1 aromatic heterocycles. The summed E-state index contributed by atoms with van der Waals surface area (Å²) in [4.78, 5) is 2.47. The molecule has 102 valence electrons. The van der Waals surface area contributed by atoms with Gasteiger partial charge in [-0.15, -0.1) is 5.10 Å². The van der Waals surface area contributed by atoms with E-state index in [-0.39, 0.29) is 12.0 Å². The first-order chi connectivity index (χ1) is 8.52. The predicted molar refractivity (Wildman–Crippen MR) is 70.3 cm³/mol. The molecule has 18 heavy (non-hydrogen) atoms. The van der Waals surface area contributed by atoms with Crippen LogP contribution in [-0.4, -0.2) is 44.6 Å². The van der Waals surface area contributed by atoms with E-state index in [1.54, 1.807) is 0 Å². The number of aromatic nitrogens is 3. The highest BCUT2D eigenvalue weighted by Crippen LogP contribution is 2.24. The van der Waals surface area contributed by atoms with Crippen molar-refractivity contribution < 1.29 is 5.11 Å². The third kappa shape index (κ3) is 2.90. The summed E-state index contributed by atoms with van der Waals surface area (Å²) in [6.07, 6.45) is 2.62. The highest BCUT2D eigenvalue weighted by Gasteiger charge is 2.25. The van der Waals surface area contributed by atoms with E-state index in [9.17, 15) is 5.11 Å². The maximum Gasteiger partial charge on any atom is 0.112 e. The average molecular weight is 252 g/mol. The number of nitrogens with zero attached hydrogens (tertiary/aromatic N) is 4. The van der Waals surface area contributed by atoms with Crippen LogP contribution in [0.5, 0.6) is 0 Å². The second-order valence-electron chi connectivity index (χ2n) is 6.06. The molecule has 1 saturated heterocycles. The minimum absolute atomic E-state index is 0.0314. The van der Waals surface area contributed by atoms with Crippen LogP contribution in [0, 0.1) is 0 Å². The van der Waals surface area contributed by atoms with Crippen LogP contribution in [0.1, 0.15) is 45.0 Å². The zero-order valence-corrected chi connectivity index (χ0v) is 11.7. The summed E-state index contributed by atoms with van der Waals surface area (Å²) in [7, 11) is 0. The van der Waals surface area contributed by atoms with Crippen molar-refractivity contribution in [3.8, 4) is 0 Å². The number of likely N-dealkylation sites (tertiary alicyclic amines) is 1. The minimum atomic E-state index is -0.0351. The van der Waals surface area contributed by atoms with Crippen molar-refractivity contribution in [2.45, 2.75) is 52.2 Å². The molecule has 1 aliphatic rings. The Hall–Kier alpha value is -0.940. The second kappa shape index (κ2) is 5.36. The smallest absolute Gasteiger partial charge is 0.112 e. The molecule has 0 amide bonds. The normalized spacial score (nSPS) is 17.6. The van der Waals surface area contributed by atoms with E-state index in [2.05, 4.69) is 36.0 Å². The molecular weight excluding hydrogens is 228 g/mol. The molecule has 1 N–H and O–H groups in total. The van der Waals surface area contributed by atoms with Gasteiger partial charge in [-0.1, -0.05) is 26.0 Å². The largest absolute Gasteiger partial charge is 0.390 e. The average Bonchev–Trinajstić information content (AvgIpc) is 2.94. The lowest BCUT2D eigenvalue weighted by Gasteiger charge is -2.22. The fourth-order valence-electron chi connectivity index (χ4n) is 2.67. The van der Waals surface area contributed by atoms with Gasteiger partial charge in [-0.25, -0.2) is 4.68 Å². The lowest BCUT2D eigenvalue weighted by Crippen LogP contribution is -2.27. The van der Waals surface area contributed by atoms with Crippen LogP contribution in [0.3, 0.4) is 0 Å². The highest BCUT2D eigenvalue weighted by molar-refractivity contribution is 5.18. The molecule has 2 rings (SSSR count). The summed E-state index contributed by atoms with van der Waals surface area (Å²) in [5.74, 6) is 0. The van der Waals surface area contributed by atoms with Crippen LogP contribution in [0.15, 0.2) is 0 Å². The summed E-state index contributed by atoms with van der Waals surface area (Å²) in [5, 5.41) is 17.6. The van der Waals surface area contributed by atoms with E-state index >= 15 is 0 Å². The summed E-state index contributed by atoms with van der Waals surface area (Å²) in [6, 6.07) is 0. The van der Waals surface area contributed by atoms with E-state index in [1.165, 1.54) is 25.9 Å². The van der Waals surface area contributed by atoms with Crippen LogP contribution >= 0.6 is 0 Å². The maximum atomic E-state index is 9.35. The molecule has 2 heterocycles. The SMILES string of the molecule is CC(C)(C)c1c(CO)nnn1CCN1CCCC1. The minimum Gasteiger partial charge on any atom is -0.390 e. The third-order valence-electron chi connectivity index (χ3n) is 3.49. The molecule has 0 radical (unpaired) electrons. The van der Waals surface area contributed by atoms with Gasteiger partial charge in [0.15, 0.2) is 0 Å². The van der Waals surface area contributed by atoms with Gasteiger partial charge in [0, 0.05) is 12.0 Å². The van der Waals surface area contributed by atoms with Gasteiger partial charge >= 0.3 is 0 Å². The fraction of sp³-hybridized carbons (Fsp3) is 0.846. The second-order valence-corrected chi connectivity index (χ2v) is 6.06. The van der Waals surface area contributed by atoms with Crippen molar-refractivity contribution in [3.63, 3.8) is 0 Å². The number of aliphatic hydroxyl groups is 1. The Labute approximate surface area is 109 Å². The molecule has 1 fully saturated rings.